The Kier molecular flexibility index (Phi) is 9.10. The largest absolute Gasteiger partial charge is 0.507 e. The molecule has 7 heteroatoms. The molecule has 1 aliphatic heterocycles. The minimum atomic E-state index is -0.330. The Balaban J connectivity index is 1.66. The number of phenolic OH excluding ortho intramolecular Hbond substituents is 1. The summed E-state index contributed by atoms with van der Waals surface area (Å²) < 4.78 is 11.7. The maximum Gasteiger partial charge on any atom is 0.273 e. The molecule has 38 heavy (non-hydrogen) atoms. The van der Waals surface area contributed by atoms with Crippen molar-refractivity contribution in [2.75, 3.05) is 19.8 Å². The smallest absolute Gasteiger partial charge is 0.273 e. The van der Waals surface area contributed by atoms with Crippen LogP contribution in [0, 0.1) is 13.8 Å². The molecule has 1 unspecified atom stereocenters. The normalized spacial score (nSPS) is 14.9. The van der Waals surface area contributed by atoms with E-state index in [0.717, 1.165) is 40.8 Å². The van der Waals surface area contributed by atoms with Crippen LogP contribution in [0.3, 0.4) is 0 Å². The summed E-state index contributed by atoms with van der Waals surface area (Å²) in [5.74, 6) is 0.901. The quantitative estimate of drug-likeness (QED) is 0.245. The SMILES string of the molecule is CCCCCCOc1ccc(C2c3c(-c4c(C)cc(C)cc4O)n[nH]c3C(=O)N2CCCOC(C)C)cc1. The molecule has 3 aromatic rings. The van der Waals surface area contributed by atoms with Crippen LogP contribution < -0.4 is 4.74 Å². The number of aryl methyl sites for hydroxylation is 2. The van der Waals surface area contributed by atoms with E-state index in [-0.39, 0.29) is 23.8 Å². The molecule has 2 heterocycles. The van der Waals surface area contributed by atoms with Gasteiger partial charge in [-0.1, -0.05) is 44.4 Å². The van der Waals surface area contributed by atoms with Crippen molar-refractivity contribution in [3.05, 3.63) is 64.3 Å². The predicted molar refractivity (Wildman–Crippen MR) is 150 cm³/mol. The number of nitrogens with one attached hydrogen (secondary N) is 1. The van der Waals surface area contributed by atoms with Crippen molar-refractivity contribution in [1.29, 1.82) is 0 Å². The van der Waals surface area contributed by atoms with Crippen molar-refractivity contribution in [2.24, 2.45) is 0 Å². The number of hydrogen-bond donors (Lipinski definition) is 2. The Morgan fingerprint density at radius 1 is 1.05 bits per heavy atom. The van der Waals surface area contributed by atoms with E-state index in [2.05, 4.69) is 17.1 Å². The highest BCUT2D eigenvalue weighted by atomic mass is 16.5. The number of fused-ring (bicyclic) bond motifs is 1. The van der Waals surface area contributed by atoms with Gasteiger partial charge in [-0.05, 0) is 75.4 Å². The van der Waals surface area contributed by atoms with Crippen LogP contribution in [-0.4, -0.2) is 52.0 Å². The number of carbonyl (C=O) groups excluding carboxylic acids is 1. The van der Waals surface area contributed by atoms with Gasteiger partial charge in [-0.25, -0.2) is 0 Å². The molecule has 2 aromatic carbocycles. The van der Waals surface area contributed by atoms with Crippen LogP contribution in [0.4, 0.5) is 0 Å². The van der Waals surface area contributed by atoms with Crippen molar-refractivity contribution in [3.8, 4) is 22.8 Å². The number of H-pyrrole nitrogens is 1. The van der Waals surface area contributed by atoms with Crippen molar-refractivity contribution in [2.45, 2.75) is 78.9 Å². The van der Waals surface area contributed by atoms with Crippen molar-refractivity contribution in [3.63, 3.8) is 0 Å². The standard InChI is InChI=1S/C31H41N3O4/c1-6-7-8-9-16-38-24-13-11-23(12-14-24)30-27-28(26-22(5)18-21(4)19-25(26)35)32-33-29(27)31(36)34(30)15-10-17-37-20(2)3/h11-14,18-20,30,35H,6-10,15-17H2,1-5H3,(H,32,33). The number of unbranched alkanes of at least 4 members (excludes halogenated alkanes) is 3. The molecule has 1 amide bonds. The van der Waals surface area contributed by atoms with Crippen molar-refractivity contribution >= 4 is 5.91 Å². The molecule has 4 rings (SSSR count). The van der Waals surface area contributed by atoms with E-state index in [4.69, 9.17) is 9.47 Å². The van der Waals surface area contributed by atoms with Crippen molar-refractivity contribution < 1.29 is 19.4 Å². The number of carbonyl (C=O) groups is 1. The lowest BCUT2D eigenvalue weighted by Crippen LogP contribution is -2.31. The maximum atomic E-state index is 13.6. The Hall–Kier alpha value is -3.32. The third-order valence-corrected chi connectivity index (χ3v) is 7.02. The van der Waals surface area contributed by atoms with Crippen LogP contribution >= 0.6 is 0 Å². The first-order valence-corrected chi connectivity index (χ1v) is 13.9. The number of hydrogen-bond acceptors (Lipinski definition) is 5. The molecule has 0 saturated heterocycles. The second kappa shape index (κ2) is 12.5. The van der Waals surface area contributed by atoms with Gasteiger partial charge >= 0.3 is 0 Å². The Bertz CT molecular complexity index is 1210. The lowest BCUT2D eigenvalue weighted by atomic mass is 9.93. The Labute approximate surface area is 226 Å². The summed E-state index contributed by atoms with van der Waals surface area (Å²) in [6, 6.07) is 11.5. The zero-order valence-electron chi connectivity index (χ0n) is 23.3. The van der Waals surface area contributed by atoms with E-state index < -0.39 is 0 Å². The Morgan fingerprint density at radius 3 is 2.50 bits per heavy atom. The molecule has 0 bridgehead atoms. The molecule has 0 aliphatic carbocycles. The third kappa shape index (κ3) is 6.04. The fourth-order valence-corrected chi connectivity index (χ4v) is 5.24. The number of ether oxygens (including phenoxy) is 2. The molecule has 2 N–H and O–H groups in total. The van der Waals surface area contributed by atoms with Crippen LogP contribution in [0.25, 0.3) is 11.3 Å². The van der Waals surface area contributed by atoms with Gasteiger partial charge < -0.3 is 19.5 Å². The minimum absolute atomic E-state index is 0.0891. The van der Waals surface area contributed by atoms with Crippen LogP contribution in [-0.2, 0) is 4.74 Å². The first-order chi connectivity index (χ1) is 18.3. The van der Waals surface area contributed by atoms with Crippen LogP contribution in [0.5, 0.6) is 11.5 Å². The summed E-state index contributed by atoms with van der Waals surface area (Å²) in [6.45, 7) is 12.0. The number of aromatic hydroxyl groups is 1. The fourth-order valence-electron chi connectivity index (χ4n) is 5.24. The third-order valence-electron chi connectivity index (χ3n) is 7.02. The van der Waals surface area contributed by atoms with E-state index in [0.29, 0.717) is 36.7 Å². The number of phenols is 1. The summed E-state index contributed by atoms with van der Waals surface area (Å²) in [5, 5.41) is 18.4. The lowest BCUT2D eigenvalue weighted by molar-refractivity contribution is 0.0601. The molecular formula is C31H41N3O4. The molecule has 204 valence electrons. The van der Waals surface area contributed by atoms with Gasteiger partial charge in [0.25, 0.3) is 5.91 Å². The van der Waals surface area contributed by atoms with Gasteiger partial charge in [0, 0.05) is 24.3 Å². The molecule has 7 nitrogen and oxygen atoms in total. The molecule has 1 aliphatic rings. The highest BCUT2D eigenvalue weighted by Gasteiger charge is 2.42. The first-order valence-electron chi connectivity index (χ1n) is 13.9. The van der Waals surface area contributed by atoms with E-state index in [1.165, 1.54) is 19.3 Å². The molecule has 0 spiro atoms. The molecule has 0 fully saturated rings. The van der Waals surface area contributed by atoms with Crippen LogP contribution in [0.15, 0.2) is 36.4 Å². The zero-order valence-corrected chi connectivity index (χ0v) is 23.3. The summed E-state index contributed by atoms with van der Waals surface area (Å²) in [4.78, 5) is 15.5. The highest BCUT2D eigenvalue weighted by molar-refractivity contribution is 6.00. The van der Waals surface area contributed by atoms with Gasteiger partial charge in [-0.2, -0.15) is 5.10 Å². The minimum Gasteiger partial charge on any atom is -0.507 e. The number of amides is 1. The summed E-state index contributed by atoms with van der Waals surface area (Å²) in [7, 11) is 0. The second-order valence-corrected chi connectivity index (χ2v) is 10.5. The second-order valence-electron chi connectivity index (χ2n) is 10.5. The van der Waals surface area contributed by atoms with E-state index in [1.54, 1.807) is 6.07 Å². The van der Waals surface area contributed by atoms with Crippen LogP contribution in [0.2, 0.25) is 0 Å². The molecule has 1 atom stereocenters. The maximum absolute atomic E-state index is 13.6. The van der Waals surface area contributed by atoms with Gasteiger partial charge in [-0.15, -0.1) is 0 Å². The van der Waals surface area contributed by atoms with Gasteiger partial charge in [0.15, 0.2) is 0 Å². The monoisotopic (exact) mass is 519 g/mol. The highest BCUT2D eigenvalue weighted by Crippen LogP contribution is 2.45. The van der Waals surface area contributed by atoms with Gasteiger partial charge in [-0.3, -0.25) is 9.89 Å². The number of nitrogens with zero attached hydrogens (tertiary/aromatic N) is 2. The average Bonchev–Trinajstić information content (AvgIpc) is 3.40. The zero-order chi connectivity index (χ0) is 27.2. The topological polar surface area (TPSA) is 87.7 Å². The van der Waals surface area contributed by atoms with Gasteiger partial charge in [0.2, 0.25) is 0 Å². The van der Waals surface area contributed by atoms with E-state index in [9.17, 15) is 9.90 Å². The van der Waals surface area contributed by atoms with Crippen molar-refractivity contribution in [1.82, 2.24) is 15.1 Å². The number of rotatable bonds is 13. The van der Waals surface area contributed by atoms with Gasteiger partial charge in [0.1, 0.15) is 22.9 Å². The number of aromatic amines is 1. The average molecular weight is 520 g/mol. The lowest BCUT2D eigenvalue weighted by Gasteiger charge is -2.27. The van der Waals surface area contributed by atoms with Crippen LogP contribution in [0.1, 0.15) is 91.7 Å². The molecule has 1 aromatic heterocycles. The molecule has 0 saturated carbocycles. The molecular weight excluding hydrogens is 478 g/mol. The first kappa shape index (κ1) is 27.7. The number of benzene rings is 2. The fraction of sp³-hybridized carbons (Fsp3) is 0.484. The summed E-state index contributed by atoms with van der Waals surface area (Å²) in [6.07, 6.45) is 5.51. The Morgan fingerprint density at radius 2 is 1.82 bits per heavy atom. The summed E-state index contributed by atoms with van der Waals surface area (Å²) in [5.41, 5.74) is 5.42. The predicted octanol–water partition coefficient (Wildman–Crippen LogP) is 6.72. The number of aromatic nitrogens is 2. The molecule has 0 radical (unpaired) electrons. The van der Waals surface area contributed by atoms with E-state index >= 15 is 0 Å². The van der Waals surface area contributed by atoms with E-state index in [1.807, 2.05) is 62.9 Å². The van der Waals surface area contributed by atoms with Gasteiger partial charge in [0.05, 0.1) is 18.8 Å². The summed E-state index contributed by atoms with van der Waals surface area (Å²) >= 11 is 0.